The van der Waals surface area contributed by atoms with Crippen LogP contribution in [0.4, 0.5) is 5.69 Å². The molecular weight excluding hydrogens is 446 g/mol. The number of sulfonamides is 1. The Morgan fingerprint density at radius 3 is 1.94 bits per heavy atom. The van der Waals surface area contributed by atoms with Crippen molar-refractivity contribution in [3.05, 3.63) is 95.1 Å². The summed E-state index contributed by atoms with van der Waals surface area (Å²) < 4.78 is 28.1. The van der Waals surface area contributed by atoms with E-state index in [9.17, 15) is 13.2 Å². The lowest BCUT2D eigenvalue weighted by Gasteiger charge is -2.24. The first-order valence-electron chi connectivity index (χ1n) is 11.2. The molecule has 3 aromatic carbocycles. The van der Waals surface area contributed by atoms with Crippen molar-refractivity contribution in [3.8, 4) is 0 Å². The largest absolute Gasteiger partial charge is 0.271 e. The number of nitrogens with one attached hydrogen (secondary N) is 1. The molecule has 3 aromatic rings. The summed E-state index contributed by atoms with van der Waals surface area (Å²) in [5, 5.41) is 4.17. The summed E-state index contributed by atoms with van der Waals surface area (Å²) in [7, 11) is -3.97. The van der Waals surface area contributed by atoms with Crippen molar-refractivity contribution in [1.29, 1.82) is 0 Å². The predicted octanol–water partition coefficient (Wildman–Crippen LogP) is 5.16. The molecule has 0 radical (unpaired) electrons. The van der Waals surface area contributed by atoms with Crippen LogP contribution in [0.5, 0.6) is 0 Å². The van der Waals surface area contributed by atoms with Gasteiger partial charge in [0.15, 0.2) is 0 Å². The summed E-state index contributed by atoms with van der Waals surface area (Å²) in [6.45, 7) is 9.41. The van der Waals surface area contributed by atoms with Crippen LogP contribution in [0.3, 0.4) is 0 Å². The molecule has 6 nitrogen and oxygen atoms in total. The molecule has 0 saturated carbocycles. The molecule has 1 amide bonds. The third-order valence-electron chi connectivity index (χ3n) is 5.56. The molecule has 0 atom stereocenters. The first-order valence-corrected chi connectivity index (χ1v) is 12.6. The molecule has 34 heavy (non-hydrogen) atoms. The minimum Gasteiger partial charge on any atom is -0.271 e. The normalized spacial score (nSPS) is 12.0. The van der Waals surface area contributed by atoms with Crippen molar-refractivity contribution >= 4 is 27.3 Å². The minimum absolute atomic E-state index is 0.123. The van der Waals surface area contributed by atoms with Gasteiger partial charge in [-0.2, -0.15) is 5.10 Å². The topological polar surface area (TPSA) is 78.8 Å². The van der Waals surface area contributed by atoms with Gasteiger partial charge in [0, 0.05) is 0 Å². The maximum Gasteiger partial charge on any atom is 0.264 e. The lowest BCUT2D eigenvalue weighted by molar-refractivity contribution is -0.119. The number of anilines is 1. The summed E-state index contributed by atoms with van der Waals surface area (Å²) in [6, 6.07) is 21.6. The fourth-order valence-electron chi connectivity index (χ4n) is 3.35. The summed E-state index contributed by atoms with van der Waals surface area (Å²) in [6.07, 6.45) is 0. The number of amides is 1. The Balaban J connectivity index is 1.88. The van der Waals surface area contributed by atoms with Gasteiger partial charge in [-0.15, -0.1) is 0 Å². The van der Waals surface area contributed by atoms with E-state index >= 15 is 0 Å². The molecule has 1 N–H and O–H groups in total. The first kappa shape index (κ1) is 25.2. The van der Waals surface area contributed by atoms with Gasteiger partial charge in [-0.3, -0.25) is 9.10 Å². The van der Waals surface area contributed by atoms with E-state index in [-0.39, 0.29) is 4.90 Å². The van der Waals surface area contributed by atoms with Gasteiger partial charge in [-0.1, -0.05) is 73.5 Å². The van der Waals surface area contributed by atoms with Crippen LogP contribution < -0.4 is 9.73 Å². The summed E-state index contributed by atoms with van der Waals surface area (Å²) in [5.74, 6) is -0.228. The molecule has 7 heteroatoms. The van der Waals surface area contributed by atoms with Gasteiger partial charge < -0.3 is 0 Å². The fraction of sp³-hybridized carbons (Fsp3) is 0.259. The van der Waals surface area contributed by atoms with E-state index in [1.54, 1.807) is 43.3 Å². The number of aryl methyl sites for hydroxylation is 2. The van der Waals surface area contributed by atoms with E-state index in [1.807, 2.05) is 50.2 Å². The highest BCUT2D eigenvalue weighted by Crippen LogP contribution is 2.26. The van der Waals surface area contributed by atoms with Crippen LogP contribution in [0.15, 0.2) is 82.8 Å². The molecule has 0 bridgehead atoms. The van der Waals surface area contributed by atoms with Gasteiger partial charge in [-0.05, 0) is 62.1 Å². The highest BCUT2D eigenvalue weighted by Gasteiger charge is 2.27. The smallest absolute Gasteiger partial charge is 0.264 e. The maximum absolute atomic E-state index is 13.5. The number of carbonyl (C=O) groups excluding carboxylic acids is 1. The Labute approximate surface area is 202 Å². The van der Waals surface area contributed by atoms with E-state index in [4.69, 9.17) is 0 Å². The van der Waals surface area contributed by atoms with E-state index in [0.717, 1.165) is 26.6 Å². The average molecular weight is 478 g/mol. The zero-order valence-electron chi connectivity index (χ0n) is 20.2. The van der Waals surface area contributed by atoms with Gasteiger partial charge in [0.2, 0.25) is 0 Å². The van der Waals surface area contributed by atoms with E-state index in [0.29, 0.717) is 17.3 Å². The summed E-state index contributed by atoms with van der Waals surface area (Å²) >= 11 is 0. The second-order valence-electron chi connectivity index (χ2n) is 8.67. The van der Waals surface area contributed by atoms with Crippen LogP contribution in [0, 0.1) is 13.8 Å². The molecule has 0 fully saturated rings. The van der Waals surface area contributed by atoms with Gasteiger partial charge in [0.05, 0.1) is 16.3 Å². The van der Waals surface area contributed by atoms with Crippen molar-refractivity contribution in [1.82, 2.24) is 5.43 Å². The zero-order chi connectivity index (χ0) is 24.9. The highest BCUT2D eigenvalue weighted by molar-refractivity contribution is 7.92. The van der Waals surface area contributed by atoms with Gasteiger partial charge in [0.1, 0.15) is 6.54 Å². The Kier molecular flexibility index (Phi) is 7.89. The molecule has 0 heterocycles. The molecule has 0 aromatic heterocycles. The van der Waals surface area contributed by atoms with Crippen LogP contribution in [-0.4, -0.2) is 26.6 Å². The number of benzene rings is 3. The Morgan fingerprint density at radius 2 is 1.41 bits per heavy atom. The molecular formula is C27H31N3O3S. The van der Waals surface area contributed by atoms with Crippen LogP contribution >= 0.6 is 0 Å². The molecule has 0 aliphatic carbocycles. The number of nitrogens with zero attached hydrogens (tertiary/aromatic N) is 2. The van der Waals surface area contributed by atoms with Gasteiger partial charge >= 0.3 is 0 Å². The Morgan fingerprint density at radius 1 is 0.882 bits per heavy atom. The summed E-state index contributed by atoms with van der Waals surface area (Å²) in [5.41, 5.74) is 7.58. The molecule has 0 spiro atoms. The number of hydrogen-bond acceptors (Lipinski definition) is 4. The van der Waals surface area contributed by atoms with Crippen LogP contribution in [0.1, 0.15) is 48.9 Å². The molecule has 178 valence electrons. The molecule has 0 saturated heterocycles. The lowest BCUT2D eigenvalue weighted by Crippen LogP contribution is -2.39. The monoisotopic (exact) mass is 477 g/mol. The molecule has 0 aliphatic rings. The fourth-order valence-corrected chi connectivity index (χ4v) is 4.77. The average Bonchev–Trinajstić information content (AvgIpc) is 2.81. The van der Waals surface area contributed by atoms with Crippen molar-refractivity contribution in [2.24, 2.45) is 5.10 Å². The van der Waals surface area contributed by atoms with Crippen molar-refractivity contribution in [3.63, 3.8) is 0 Å². The molecule has 0 unspecified atom stereocenters. The van der Waals surface area contributed by atoms with E-state index in [1.165, 1.54) is 0 Å². The number of hydrazone groups is 1. The first-order chi connectivity index (χ1) is 16.1. The number of hydrogen-bond donors (Lipinski definition) is 1. The Hall–Kier alpha value is -3.45. The van der Waals surface area contributed by atoms with Gasteiger partial charge in [-0.25, -0.2) is 13.8 Å². The van der Waals surface area contributed by atoms with Crippen LogP contribution in [0.25, 0.3) is 0 Å². The van der Waals surface area contributed by atoms with Crippen molar-refractivity contribution < 1.29 is 13.2 Å². The summed E-state index contributed by atoms with van der Waals surface area (Å²) in [4.78, 5) is 12.9. The van der Waals surface area contributed by atoms with E-state index in [2.05, 4.69) is 24.4 Å². The Bertz CT molecular complexity index is 1260. The third kappa shape index (κ3) is 6.11. The quantitative estimate of drug-likeness (QED) is 0.359. The zero-order valence-corrected chi connectivity index (χ0v) is 21.1. The SMILES string of the molecule is C/C(=N/NC(=O)CN(c1ccc(C(C)C)cc1)S(=O)(=O)c1ccc(C)cc1)c1ccc(C)cc1. The lowest BCUT2D eigenvalue weighted by atomic mass is 10.0. The maximum atomic E-state index is 13.5. The van der Waals surface area contributed by atoms with Crippen molar-refractivity contribution in [2.45, 2.75) is 45.4 Å². The third-order valence-corrected chi connectivity index (χ3v) is 7.35. The standard InChI is InChI=1S/C27H31N3O3S/c1-19(2)23-12-14-25(15-13-23)30(34(32,33)26-16-8-21(4)9-17-26)18-27(31)29-28-22(5)24-10-6-20(3)7-11-24/h6-17,19H,18H2,1-5H3,(H,29,31)/b28-22-. The van der Waals surface area contributed by atoms with Crippen LogP contribution in [-0.2, 0) is 14.8 Å². The highest BCUT2D eigenvalue weighted by atomic mass is 32.2. The minimum atomic E-state index is -3.97. The van der Waals surface area contributed by atoms with Gasteiger partial charge in [0.25, 0.3) is 15.9 Å². The second kappa shape index (κ2) is 10.7. The number of rotatable bonds is 8. The predicted molar refractivity (Wildman–Crippen MR) is 138 cm³/mol. The number of carbonyl (C=O) groups is 1. The molecule has 0 aliphatic heterocycles. The molecule has 3 rings (SSSR count). The van der Waals surface area contributed by atoms with Crippen LogP contribution in [0.2, 0.25) is 0 Å². The van der Waals surface area contributed by atoms with E-state index < -0.39 is 22.5 Å². The second-order valence-corrected chi connectivity index (χ2v) is 10.5. The van der Waals surface area contributed by atoms with Crippen molar-refractivity contribution in [2.75, 3.05) is 10.8 Å².